The van der Waals surface area contributed by atoms with Crippen molar-refractivity contribution in [1.82, 2.24) is 0 Å². The SMILES string of the molecule is Cc1ccccc1[C@@]1(N)C(=O)N(Cc2ccccc2)c2ccccc21. The van der Waals surface area contributed by atoms with Crippen molar-refractivity contribution in [3.63, 3.8) is 0 Å². The first-order valence-corrected chi connectivity index (χ1v) is 8.43. The largest absolute Gasteiger partial charge is 0.310 e. The molecule has 0 radical (unpaired) electrons. The average molecular weight is 328 g/mol. The molecule has 1 heterocycles. The first kappa shape index (κ1) is 15.6. The molecule has 2 N–H and O–H groups in total. The van der Waals surface area contributed by atoms with Crippen LogP contribution in [0.5, 0.6) is 0 Å². The van der Waals surface area contributed by atoms with Crippen LogP contribution in [-0.4, -0.2) is 5.91 Å². The van der Waals surface area contributed by atoms with Crippen molar-refractivity contribution in [1.29, 1.82) is 0 Å². The van der Waals surface area contributed by atoms with Crippen molar-refractivity contribution in [2.75, 3.05) is 4.90 Å². The highest BCUT2D eigenvalue weighted by Gasteiger charge is 2.49. The summed E-state index contributed by atoms with van der Waals surface area (Å²) >= 11 is 0. The molecule has 1 aliphatic rings. The Balaban J connectivity index is 1.86. The summed E-state index contributed by atoms with van der Waals surface area (Å²) in [7, 11) is 0. The number of carbonyl (C=O) groups is 1. The summed E-state index contributed by atoms with van der Waals surface area (Å²) in [5, 5.41) is 0. The molecule has 3 aromatic carbocycles. The number of amides is 1. The second-order valence-electron chi connectivity index (χ2n) is 6.52. The molecule has 1 atom stereocenters. The summed E-state index contributed by atoms with van der Waals surface area (Å²) in [5.41, 5.74) is 10.4. The lowest BCUT2D eigenvalue weighted by Crippen LogP contribution is -2.48. The Hall–Kier alpha value is -2.91. The first-order chi connectivity index (χ1) is 12.1. The number of aryl methyl sites for hydroxylation is 1. The van der Waals surface area contributed by atoms with Gasteiger partial charge in [-0.05, 0) is 29.7 Å². The molecule has 25 heavy (non-hydrogen) atoms. The third-order valence-corrected chi connectivity index (χ3v) is 4.96. The van der Waals surface area contributed by atoms with E-state index in [1.54, 1.807) is 4.90 Å². The zero-order valence-corrected chi connectivity index (χ0v) is 14.1. The van der Waals surface area contributed by atoms with Crippen LogP contribution in [0.1, 0.15) is 22.3 Å². The molecule has 0 aliphatic carbocycles. The number of anilines is 1. The molecule has 0 aromatic heterocycles. The standard InChI is InChI=1S/C22H20N2O/c1-16-9-5-6-12-18(16)22(23)19-13-7-8-14-20(19)24(21(22)25)15-17-10-3-2-4-11-17/h2-14H,15,23H2,1H3/t22-/m0/s1. The van der Waals surface area contributed by atoms with E-state index in [-0.39, 0.29) is 5.91 Å². The quantitative estimate of drug-likeness (QED) is 0.796. The minimum Gasteiger partial charge on any atom is -0.310 e. The van der Waals surface area contributed by atoms with Crippen LogP contribution >= 0.6 is 0 Å². The summed E-state index contributed by atoms with van der Waals surface area (Å²) in [6.45, 7) is 2.52. The van der Waals surface area contributed by atoms with Gasteiger partial charge in [-0.25, -0.2) is 0 Å². The van der Waals surface area contributed by atoms with Gasteiger partial charge in [-0.1, -0.05) is 72.8 Å². The van der Waals surface area contributed by atoms with E-state index in [0.29, 0.717) is 6.54 Å². The van der Waals surface area contributed by atoms with Gasteiger partial charge in [0, 0.05) is 5.56 Å². The van der Waals surface area contributed by atoms with E-state index >= 15 is 0 Å². The van der Waals surface area contributed by atoms with Gasteiger partial charge < -0.3 is 10.6 Å². The van der Waals surface area contributed by atoms with Gasteiger partial charge in [-0.15, -0.1) is 0 Å². The molecular formula is C22H20N2O. The second-order valence-corrected chi connectivity index (χ2v) is 6.52. The minimum atomic E-state index is -1.14. The number of fused-ring (bicyclic) bond motifs is 1. The summed E-state index contributed by atoms with van der Waals surface area (Å²) in [6, 6.07) is 25.7. The van der Waals surface area contributed by atoms with Gasteiger partial charge in [-0.3, -0.25) is 4.79 Å². The topological polar surface area (TPSA) is 46.3 Å². The maximum Gasteiger partial charge on any atom is 0.256 e. The minimum absolute atomic E-state index is 0.0770. The van der Waals surface area contributed by atoms with Gasteiger partial charge in [0.2, 0.25) is 0 Å². The summed E-state index contributed by atoms with van der Waals surface area (Å²) in [4.78, 5) is 15.2. The lowest BCUT2D eigenvalue weighted by molar-refractivity contribution is -0.121. The Kier molecular flexibility index (Phi) is 3.66. The molecule has 0 saturated carbocycles. The lowest BCUT2D eigenvalue weighted by atomic mass is 9.82. The van der Waals surface area contributed by atoms with Crippen LogP contribution in [0.25, 0.3) is 0 Å². The van der Waals surface area contributed by atoms with Gasteiger partial charge in [0.05, 0.1) is 12.2 Å². The number of hydrogen-bond acceptors (Lipinski definition) is 2. The van der Waals surface area contributed by atoms with Gasteiger partial charge >= 0.3 is 0 Å². The fraction of sp³-hybridized carbons (Fsp3) is 0.136. The average Bonchev–Trinajstić information content (AvgIpc) is 2.86. The van der Waals surface area contributed by atoms with Crippen LogP contribution in [0.4, 0.5) is 5.69 Å². The van der Waals surface area contributed by atoms with E-state index in [0.717, 1.165) is 27.9 Å². The number of hydrogen-bond donors (Lipinski definition) is 1. The number of nitrogens with two attached hydrogens (primary N) is 1. The Bertz CT molecular complexity index is 936. The number of rotatable bonds is 3. The number of carbonyl (C=O) groups excluding carboxylic acids is 1. The highest BCUT2D eigenvalue weighted by atomic mass is 16.2. The maximum atomic E-state index is 13.4. The molecule has 3 aromatic rings. The summed E-state index contributed by atoms with van der Waals surface area (Å²) in [6.07, 6.45) is 0. The fourth-order valence-corrected chi connectivity index (χ4v) is 3.68. The van der Waals surface area contributed by atoms with Crippen molar-refractivity contribution in [2.45, 2.75) is 19.0 Å². The normalized spacial score (nSPS) is 19.1. The zero-order chi connectivity index (χ0) is 17.4. The molecule has 0 bridgehead atoms. The van der Waals surface area contributed by atoms with Gasteiger partial charge in [0.25, 0.3) is 5.91 Å². The van der Waals surface area contributed by atoms with Gasteiger partial charge in [-0.2, -0.15) is 0 Å². The van der Waals surface area contributed by atoms with E-state index in [2.05, 4.69) is 0 Å². The van der Waals surface area contributed by atoms with Crippen LogP contribution in [0.3, 0.4) is 0 Å². The molecule has 3 nitrogen and oxygen atoms in total. The first-order valence-electron chi connectivity index (χ1n) is 8.43. The van der Waals surface area contributed by atoms with Gasteiger partial charge in [0.1, 0.15) is 5.54 Å². The maximum absolute atomic E-state index is 13.4. The molecule has 0 unspecified atom stereocenters. The Morgan fingerprint density at radius 2 is 1.44 bits per heavy atom. The van der Waals surface area contributed by atoms with Crippen LogP contribution in [-0.2, 0) is 16.9 Å². The summed E-state index contributed by atoms with van der Waals surface area (Å²) in [5.74, 6) is -0.0770. The van der Waals surface area contributed by atoms with Crippen molar-refractivity contribution in [3.05, 3.63) is 101 Å². The molecule has 0 spiro atoms. The highest BCUT2D eigenvalue weighted by molar-refractivity contribution is 6.10. The van der Waals surface area contributed by atoms with E-state index in [9.17, 15) is 4.79 Å². The Morgan fingerprint density at radius 3 is 2.16 bits per heavy atom. The van der Waals surface area contributed by atoms with Crippen LogP contribution in [0.2, 0.25) is 0 Å². The van der Waals surface area contributed by atoms with E-state index < -0.39 is 5.54 Å². The van der Waals surface area contributed by atoms with Crippen LogP contribution in [0, 0.1) is 6.92 Å². The molecule has 0 fully saturated rings. The van der Waals surface area contributed by atoms with Crippen molar-refractivity contribution in [2.24, 2.45) is 5.73 Å². The smallest absolute Gasteiger partial charge is 0.256 e. The predicted molar refractivity (Wildman–Crippen MR) is 100 cm³/mol. The zero-order valence-electron chi connectivity index (χ0n) is 14.1. The number of benzene rings is 3. The fourth-order valence-electron chi connectivity index (χ4n) is 3.68. The molecule has 3 heteroatoms. The molecule has 1 amide bonds. The third-order valence-electron chi connectivity index (χ3n) is 4.96. The van der Waals surface area contributed by atoms with Crippen molar-refractivity contribution in [3.8, 4) is 0 Å². The van der Waals surface area contributed by atoms with Crippen molar-refractivity contribution < 1.29 is 4.79 Å². The number of nitrogens with zero attached hydrogens (tertiary/aromatic N) is 1. The molecule has 124 valence electrons. The van der Waals surface area contributed by atoms with E-state index in [1.807, 2.05) is 85.8 Å². The summed E-state index contributed by atoms with van der Waals surface area (Å²) < 4.78 is 0. The predicted octanol–water partition coefficient (Wildman–Crippen LogP) is 3.74. The van der Waals surface area contributed by atoms with Gasteiger partial charge in [0.15, 0.2) is 0 Å². The Labute approximate surface area is 147 Å². The Morgan fingerprint density at radius 1 is 0.840 bits per heavy atom. The van der Waals surface area contributed by atoms with E-state index in [4.69, 9.17) is 5.73 Å². The second kappa shape index (κ2) is 5.87. The van der Waals surface area contributed by atoms with Crippen LogP contribution < -0.4 is 10.6 Å². The molecular weight excluding hydrogens is 308 g/mol. The van der Waals surface area contributed by atoms with Crippen molar-refractivity contribution >= 4 is 11.6 Å². The molecule has 1 aliphatic heterocycles. The molecule has 4 rings (SSSR count). The molecule has 0 saturated heterocycles. The van der Waals surface area contributed by atoms with E-state index in [1.165, 1.54) is 0 Å². The third kappa shape index (κ3) is 2.36. The monoisotopic (exact) mass is 328 g/mol. The number of para-hydroxylation sites is 1. The highest BCUT2D eigenvalue weighted by Crippen LogP contribution is 2.44. The lowest BCUT2D eigenvalue weighted by Gasteiger charge is -2.26. The van der Waals surface area contributed by atoms with Crippen LogP contribution in [0.15, 0.2) is 78.9 Å².